The number of benzene rings is 1. The summed E-state index contributed by atoms with van der Waals surface area (Å²) in [5.74, 6) is 1.18. The van der Waals surface area contributed by atoms with E-state index in [-0.39, 0.29) is 18.0 Å². The van der Waals surface area contributed by atoms with Crippen molar-refractivity contribution in [2.24, 2.45) is 11.7 Å². The molecule has 21 heavy (non-hydrogen) atoms. The van der Waals surface area contributed by atoms with Crippen molar-refractivity contribution in [2.45, 2.75) is 44.7 Å². The number of carbonyl (C=O) groups is 1. The van der Waals surface area contributed by atoms with Crippen LogP contribution in [0.5, 0.6) is 0 Å². The maximum atomic E-state index is 12.1. The molecular weight excluding hydrogens is 264 g/mol. The number of rotatable bonds is 4. The fourth-order valence-corrected chi connectivity index (χ4v) is 3.14. The smallest absolute Gasteiger partial charge is 0.220 e. The van der Waals surface area contributed by atoms with Crippen LogP contribution in [0.1, 0.15) is 44.4 Å². The van der Waals surface area contributed by atoms with E-state index < -0.39 is 0 Å². The van der Waals surface area contributed by atoms with Crippen molar-refractivity contribution in [1.29, 1.82) is 0 Å². The van der Waals surface area contributed by atoms with Crippen LogP contribution in [-0.2, 0) is 4.79 Å². The number of furan rings is 1. The Morgan fingerprint density at radius 2 is 2.24 bits per heavy atom. The first-order valence-corrected chi connectivity index (χ1v) is 7.67. The molecule has 1 aliphatic carbocycles. The predicted molar refractivity (Wildman–Crippen MR) is 82.7 cm³/mol. The number of carbonyl (C=O) groups excluding carboxylic acids is 1. The zero-order valence-corrected chi connectivity index (χ0v) is 12.3. The molecule has 1 heterocycles. The van der Waals surface area contributed by atoms with Crippen LogP contribution in [0.25, 0.3) is 11.0 Å². The van der Waals surface area contributed by atoms with E-state index in [2.05, 4.69) is 5.32 Å². The zero-order chi connectivity index (χ0) is 14.8. The summed E-state index contributed by atoms with van der Waals surface area (Å²) in [5.41, 5.74) is 6.87. The summed E-state index contributed by atoms with van der Waals surface area (Å²) < 4.78 is 5.78. The molecule has 0 aliphatic heterocycles. The number of hydrogen-bond donors (Lipinski definition) is 2. The Bertz CT molecular complexity index is 602. The molecule has 1 fully saturated rings. The highest BCUT2D eigenvalue weighted by Crippen LogP contribution is 2.27. The monoisotopic (exact) mass is 286 g/mol. The van der Waals surface area contributed by atoms with Gasteiger partial charge in [-0.1, -0.05) is 24.6 Å². The summed E-state index contributed by atoms with van der Waals surface area (Å²) in [4.78, 5) is 12.1. The molecule has 4 heteroatoms. The standard InChI is InChI=1S/C17H22N2O2/c1-11(16-9-13-5-2-3-8-15(13)21-16)19-17(20)10-12-6-4-7-14(12)18/h2-3,5,8-9,11-12,14H,4,6-7,10,18H2,1H3,(H,19,20)/t11?,12-,14+/m0/s1. The topological polar surface area (TPSA) is 68.3 Å². The molecule has 1 aromatic carbocycles. The van der Waals surface area contributed by atoms with Crippen molar-refractivity contribution in [3.8, 4) is 0 Å². The lowest BCUT2D eigenvalue weighted by molar-refractivity contribution is -0.122. The maximum absolute atomic E-state index is 12.1. The lowest BCUT2D eigenvalue weighted by Crippen LogP contribution is -2.32. The van der Waals surface area contributed by atoms with Crippen LogP contribution in [0.3, 0.4) is 0 Å². The van der Waals surface area contributed by atoms with E-state index in [9.17, 15) is 4.79 Å². The summed E-state index contributed by atoms with van der Waals surface area (Å²) >= 11 is 0. The van der Waals surface area contributed by atoms with E-state index in [0.717, 1.165) is 36.0 Å². The van der Waals surface area contributed by atoms with E-state index in [4.69, 9.17) is 10.2 Å². The van der Waals surface area contributed by atoms with Gasteiger partial charge in [0, 0.05) is 17.8 Å². The van der Waals surface area contributed by atoms with Crippen LogP contribution in [-0.4, -0.2) is 11.9 Å². The average Bonchev–Trinajstić information content (AvgIpc) is 3.05. The SMILES string of the molecule is CC(NC(=O)C[C@@H]1CCC[C@H]1N)c1cc2ccccc2o1. The van der Waals surface area contributed by atoms with Gasteiger partial charge < -0.3 is 15.5 Å². The number of fused-ring (bicyclic) bond motifs is 1. The molecular formula is C17H22N2O2. The molecule has 1 aliphatic rings. The van der Waals surface area contributed by atoms with Crippen molar-refractivity contribution < 1.29 is 9.21 Å². The highest BCUT2D eigenvalue weighted by molar-refractivity contribution is 5.79. The van der Waals surface area contributed by atoms with Gasteiger partial charge in [-0.3, -0.25) is 4.79 Å². The van der Waals surface area contributed by atoms with E-state index in [0.29, 0.717) is 12.3 Å². The number of nitrogens with one attached hydrogen (secondary N) is 1. The molecule has 1 aromatic heterocycles. The molecule has 0 bridgehead atoms. The molecule has 1 unspecified atom stereocenters. The normalized spacial score (nSPS) is 23.3. The van der Waals surface area contributed by atoms with Crippen molar-refractivity contribution in [1.82, 2.24) is 5.32 Å². The van der Waals surface area contributed by atoms with Crippen molar-refractivity contribution in [3.63, 3.8) is 0 Å². The van der Waals surface area contributed by atoms with Gasteiger partial charge in [0.1, 0.15) is 11.3 Å². The average molecular weight is 286 g/mol. The molecule has 0 spiro atoms. The number of amides is 1. The molecule has 3 rings (SSSR count). The van der Waals surface area contributed by atoms with Crippen LogP contribution in [0.15, 0.2) is 34.7 Å². The quantitative estimate of drug-likeness (QED) is 0.907. The lowest BCUT2D eigenvalue weighted by Gasteiger charge is -2.17. The van der Waals surface area contributed by atoms with Gasteiger partial charge in [0.25, 0.3) is 0 Å². The first kappa shape index (κ1) is 14.1. The largest absolute Gasteiger partial charge is 0.459 e. The summed E-state index contributed by atoms with van der Waals surface area (Å²) in [6, 6.07) is 9.91. The Morgan fingerprint density at radius 3 is 2.95 bits per heavy atom. The van der Waals surface area contributed by atoms with Gasteiger partial charge in [-0.05, 0) is 37.8 Å². The van der Waals surface area contributed by atoms with E-state index in [1.54, 1.807) is 0 Å². The van der Waals surface area contributed by atoms with E-state index in [1.807, 2.05) is 37.3 Å². The third-order valence-electron chi connectivity index (χ3n) is 4.41. The van der Waals surface area contributed by atoms with E-state index >= 15 is 0 Å². The second-order valence-electron chi connectivity index (χ2n) is 6.03. The lowest BCUT2D eigenvalue weighted by atomic mass is 9.99. The minimum atomic E-state index is -0.123. The Balaban J connectivity index is 1.62. The minimum absolute atomic E-state index is 0.0605. The summed E-state index contributed by atoms with van der Waals surface area (Å²) in [6.45, 7) is 1.95. The maximum Gasteiger partial charge on any atom is 0.220 e. The van der Waals surface area contributed by atoms with Crippen LogP contribution in [0.4, 0.5) is 0 Å². The fourth-order valence-electron chi connectivity index (χ4n) is 3.14. The number of para-hydroxylation sites is 1. The molecule has 0 radical (unpaired) electrons. The van der Waals surface area contributed by atoms with Gasteiger partial charge in [0.15, 0.2) is 0 Å². The highest BCUT2D eigenvalue weighted by atomic mass is 16.3. The summed E-state index contributed by atoms with van der Waals surface area (Å²) in [6.07, 6.45) is 3.76. The molecule has 1 amide bonds. The first-order chi connectivity index (χ1) is 10.1. The van der Waals surface area contributed by atoms with Crippen molar-refractivity contribution >= 4 is 16.9 Å². The second-order valence-corrected chi connectivity index (χ2v) is 6.03. The Labute approximate surface area is 124 Å². The molecule has 0 saturated heterocycles. The van der Waals surface area contributed by atoms with Gasteiger partial charge in [-0.2, -0.15) is 0 Å². The van der Waals surface area contributed by atoms with Crippen LogP contribution in [0.2, 0.25) is 0 Å². The van der Waals surface area contributed by atoms with Gasteiger partial charge in [-0.25, -0.2) is 0 Å². The summed E-state index contributed by atoms with van der Waals surface area (Å²) in [7, 11) is 0. The molecule has 112 valence electrons. The second kappa shape index (κ2) is 5.90. The molecule has 4 nitrogen and oxygen atoms in total. The van der Waals surface area contributed by atoms with Crippen LogP contribution in [0, 0.1) is 5.92 Å². The Kier molecular flexibility index (Phi) is 3.97. The fraction of sp³-hybridized carbons (Fsp3) is 0.471. The third-order valence-corrected chi connectivity index (χ3v) is 4.41. The van der Waals surface area contributed by atoms with Crippen molar-refractivity contribution in [3.05, 3.63) is 36.1 Å². The van der Waals surface area contributed by atoms with E-state index in [1.165, 1.54) is 0 Å². The Morgan fingerprint density at radius 1 is 1.43 bits per heavy atom. The highest BCUT2D eigenvalue weighted by Gasteiger charge is 2.26. The van der Waals surface area contributed by atoms with Crippen LogP contribution < -0.4 is 11.1 Å². The third kappa shape index (κ3) is 3.10. The minimum Gasteiger partial charge on any atom is -0.459 e. The van der Waals surface area contributed by atoms with Gasteiger partial charge in [0.05, 0.1) is 6.04 Å². The zero-order valence-electron chi connectivity index (χ0n) is 12.3. The summed E-state index contributed by atoms with van der Waals surface area (Å²) in [5, 5.41) is 4.08. The molecule has 1 saturated carbocycles. The number of hydrogen-bond acceptors (Lipinski definition) is 3. The van der Waals surface area contributed by atoms with Crippen molar-refractivity contribution in [2.75, 3.05) is 0 Å². The Hall–Kier alpha value is -1.81. The van der Waals surface area contributed by atoms with Gasteiger partial charge >= 0.3 is 0 Å². The molecule has 2 aromatic rings. The molecule has 3 N–H and O–H groups in total. The molecule has 3 atom stereocenters. The number of nitrogens with two attached hydrogens (primary N) is 1. The van der Waals surface area contributed by atoms with Gasteiger partial charge in [-0.15, -0.1) is 0 Å². The van der Waals surface area contributed by atoms with Gasteiger partial charge in [0.2, 0.25) is 5.91 Å². The van der Waals surface area contributed by atoms with Crippen LogP contribution >= 0.6 is 0 Å². The first-order valence-electron chi connectivity index (χ1n) is 7.67. The predicted octanol–water partition coefficient (Wildman–Crippen LogP) is 3.13.